The Morgan fingerprint density at radius 1 is 1.23 bits per heavy atom. The van der Waals surface area contributed by atoms with Crippen molar-refractivity contribution in [1.29, 1.82) is 0 Å². The zero-order chi connectivity index (χ0) is 16.8. The molecule has 0 bridgehead atoms. The minimum Gasteiger partial charge on any atom is -0.508 e. The summed E-state index contributed by atoms with van der Waals surface area (Å²) < 4.78 is 10.1. The number of amides is 1. The van der Waals surface area contributed by atoms with Gasteiger partial charge >= 0.3 is 5.97 Å². The van der Waals surface area contributed by atoms with Crippen LogP contribution in [0.3, 0.4) is 0 Å². The van der Waals surface area contributed by atoms with Crippen molar-refractivity contribution in [2.75, 3.05) is 13.7 Å². The Hall–Kier alpha value is -2.08. The lowest BCUT2D eigenvalue weighted by Crippen LogP contribution is -2.46. The molecule has 1 aromatic carbocycles. The minimum atomic E-state index is -0.814. The van der Waals surface area contributed by atoms with E-state index in [-0.39, 0.29) is 18.8 Å². The molecule has 0 heterocycles. The van der Waals surface area contributed by atoms with Crippen molar-refractivity contribution in [1.82, 2.24) is 5.32 Å². The summed E-state index contributed by atoms with van der Waals surface area (Å²) in [5, 5.41) is 11.9. The highest BCUT2D eigenvalue weighted by molar-refractivity contribution is 5.85. The van der Waals surface area contributed by atoms with Crippen LogP contribution in [0.5, 0.6) is 5.75 Å². The van der Waals surface area contributed by atoms with E-state index in [0.29, 0.717) is 0 Å². The molecule has 0 aliphatic carbocycles. The van der Waals surface area contributed by atoms with Crippen LogP contribution in [0.15, 0.2) is 24.3 Å². The topological polar surface area (TPSA) is 84.9 Å². The summed E-state index contributed by atoms with van der Waals surface area (Å²) >= 11 is 0. The fourth-order valence-corrected chi connectivity index (χ4v) is 1.80. The van der Waals surface area contributed by atoms with Crippen molar-refractivity contribution in [3.8, 4) is 5.75 Å². The number of aromatic hydroxyl groups is 1. The first kappa shape index (κ1) is 18.0. The average molecular weight is 309 g/mol. The van der Waals surface area contributed by atoms with Crippen LogP contribution >= 0.6 is 0 Å². The number of carbonyl (C=O) groups excluding carboxylic acids is 2. The third kappa shape index (κ3) is 6.58. The third-order valence-corrected chi connectivity index (χ3v) is 2.68. The van der Waals surface area contributed by atoms with E-state index in [1.54, 1.807) is 32.9 Å². The molecular weight excluding hydrogens is 286 g/mol. The van der Waals surface area contributed by atoms with Gasteiger partial charge in [0, 0.05) is 13.5 Å². The summed E-state index contributed by atoms with van der Waals surface area (Å²) in [4.78, 5) is 23.9. The van der Waals surface area contributed by atoms with Crippen LogP contribution in [-0.2, 0) is 25.5 Å². The van der Waals surface area contributed by atoms with E-state index in [2.05, 4.69) is 5.32 Å². The van der Waals surface area contributed by atoms with Gasteiger partial charge in [-0.2, -0.15) is 0 Å². The largest absolute Gasteiger partial charge is 0.508 e. The average Bonchev–Trinajstić information content (AvgIpc) is 2.39. The van der Waals surface area contributed by atoms with Crippen LogP contribution in [0, 0.1) is 0 Å². The van der Waals surface area contributed by atoms with Crippen molar-refractivity contribution in [2.24, 2.45) is 0 Å². The Morgan fingerprint density at radius 3 is 2.32 bits per heavy atom. The Labute approximate surface area is 130 Å². The number of benzene rings is 1. The molecule has 1 atom stereocenters. The summed E-state index contributed by atoms with van der Waals surface area (Å²) in [7, 11) is 1.40. The molecule has 122 valence electrons. The monoisotopic (exact) mass is 309 g/mol. The maximum atomic E-state index is 12.2. The van der Waals surface area contributed by atoms with Crippen LogP contribution in [-0.4, -0.2) is 42.3 Å². The first-order chi connectivity index (χ1) is 10.2. The lowest BCUT2D eigenvalue weighted by Gasteiger charge is -2.24. The molecule has 0 radical (unpaired) electrons. The first-order valence-electron chi connectivity index (χ1n) is 7.00. The van der Waals surface area contributed by atoms with E-state index >= 15 is 0 Å². The Morgan fingerprint density at radius 2 is 1.82 bits per heavy atom. The van der Waals surface area contributed by atoms with Gasteiger partial charge in [0.05, 0.1) is 0 Å². The minimum absolute atomic E-state index is 0.130. The molecule has 0 aliphatic heterocycles. The zero-order valence-electron chi connectivity index (χ0n) is 13.4. The second kappa shape index (κ2) is 7.79. The highest BCUT2D eigenvalue weighted by Gasteiger charge is 2.26. The number of rotatable bonds is 6. The quantitative estimate of drug-likeness (QED) is 0.776. The van der Waals surface area contributed by atoms with Crippen molar-refractivity contribution >= 4 is 11.9 Å². The van der Waals surface area contributed by atoms with Gasteiger partial charge in [-0.1, -0.05) is 12.1 Å². The van der Waals surface area contributed by atoms with Crippen molar-refractivity contribution < 1.29 is 24.2 Å². The molecule has 0 saturated heterocycles. The Bertz CT molecular complexity index is 504. The van der Waals surface area contributed by atoms with Crippen LogP contribution in [0.2, 0.25) is 0 Å². The fourth-order valence-electron chi connectivity index (χ4n) is 1.80. The summed E-state index contributed by atoms with van der Waals surface area (Å²) in [5.74, 6) is -0.761. The van der Waals surface area contributed by atoms with Crippen LogP contribution in [0.1, 0.15) is 26.3 Å². The van der Waals surface area contributed by atoms with Gasteiger partial charge < -0.3 is 19.9 Å². The van der Waals surface area contributed by atoms with E-state index in [1.165, 1.54) is 19.2 Å². The smallest absolute Gasteiger partial charge is 0.329 e. The van der Waals surface area contributed by atoms with Gasteiger partial charge in [-0.3, -0.25) is 4.79 Å². The molecule has 1 amide bonds. The summed E-state index contributed by atoms with van der Waals surface area (Å²) in [5.41, 5.74) is 0.155. The van der Waals surface area contributed by atoms with Gasteiger partial charge in [-0.05, 0) is 38.5 Å². The normalized spacial score (nSPS) is 12.5. The van der Waals surface area contributed by atoms with Crippen molar-refractivity contribution in [3.63, 3.8) is 0 Å². The molecule has 0 unspecified atom stereocenters. The number of methoxy groups -OCH3 is 1. The highest BCUT2D eigenvalue weighted by Crippen LogP contribution is 2.14. The number of esters is 1. The predicted octanol–water partition coefficient (Wildman–Crippen LogP) is 1.41. The van der Waals surface area contributed by atoms with E-state index in [9.17, 15) is 14.7 Å². The molecule has 1 aromatic rings. The van der Waals surface area contributed by atoms with Crippen LogP contribution in [0.4, 0.5) is 0 Å². The Balaban J connectivity index is 2.83. The fraction of sp³-hybridized carbons (Fsp3) is 0.500. The van der Waals surface area contributed by atoms with Gasteiger partial charge in [-0.15, -0.1) is 0 Å². The second-order valence-corrected chi connectivity index (χ2v) is 5.96. The number of nitrogens with one attached hydrogen (secondary N) is 1. The van der Waals surface area contributed by atoms with Gasteiger partial charge in [-0.25, -0.2) is 4.79 Å². The lowest BCUT2D eigenvalue weighted by atomic mass is 10.1. The number of hydrogen-bond acceptors (Lipinski definition) is 5. The van der Waals surface area contributed by atoms with E-state index in [0.717, 1.165) is 5.56 Å². The maximum absolute atomic E-state index is 12.2. The molecule has 6 nitrogen and oxygen atoms in total. The summed E-state index contributed by atoms with van der Waals surface area (Å²) in [6.07, 6.45) is 0.268. The molecule has 22 heavy (non-hydrogen) atoms. The van der Waals surface area contributed by atoms with Crippen molar-refractivity contribution in [3.05, 3.63) is 29.8 Å². The second-order valence-electron chi connectivity index (χ2n) is 5.96. The SMILES string of the molecule is COCC(=O)N[C@H](Cc1ccc(O)cc1)C(=O)OC(C)(C)C. The zero-order valence-corrected chi connectivity index (χ0v) is 13.4. The molecule has 0 aliphatic rings. The number of hydrogen-bond donors (Lipinski definition) is 2. The molecule has 0 aromatic heterocycles. The van der Waals surface area contributed by atoms with Crippen molar-refractivity contribution in [2.45, 2.75) is 38.8 Å². The Kier molecular flexibility index (Phi) is 6.37. The molecule has 0 saturated carbocycles. The number of phenolic OH excluding ortho intramolecular Hbond substituents is 1. The predicted molar refractivity (Wildman–Crippen MR) is 81.5 cm³/mol. The molecule has 6 heteroatoms. The highest BCUT2D eigenvalue weighted by atomic mass is 16.6. The first-order valence-corrected chi connectivity index (χ1v) is 7.00. The standard InChI is InChI=1S/C16H23NO5/c1-16(2,3)22-15(20)13(17-14(19)10-21-4)9-11-5-7-12(18)8-6-11/h5-8,13,18H,9-10H2,1-4H3,(H,17,19)/t13-/m1/s1. The molecule has 1 rings (SSSR count). The molecule has 0 spiro atoms. The lowest BCUT2D eigenvalue weighted by molar-refractivity contribution is -0.158. The van der Waals surface area contributed by atoms with E-state index in [4.69, 9.17) is 9.47 Å². The summed E-state index contributed by atoms with van der Waals surface area (Å²) in [6, 6.07) is 5.62. The van der Waals surface area contributed by atoms with Gasteiger partial charge in [0.25, 0.3) is 0 Å². The van der Waals surface area contributed by atoms with Gasteiger partial charge in [0.1, 0.15) is 24.0 Å². The van der Waals surface area contributed by atoms with Crippen LogP contribution < -0.4 is 5.32 Å². The number of phenols is 1. The molecule has 2 N–H and O–H groups in total. The maximum Gasteiger partial charge on any atom is 0.329 e. The van der Waals surface area contributed by atoms with E-state index in [1.807, 2.05) is 0 Å². The molecular formula is C16H23NO5. The number of ether oxygens (including phenoxy) is 2. The molecule has 0 fully saturated rings. The third-order valence-electron chi connectivity index (χ3n) is 2.68. The number of carbonyl (C=O) groups is 2. The summed E-state index contributed by atoms with van der Waals surface area (Å²) in [6.45, 7) is 5.16. The van der Waals surface area contributed by atoms with Crippen LogP contribution in [0.25, 0.3) is 0 Å². The van der Waals surface area contributed by atoms with E-state index < -0.39 is 23.5 Å². The van der Waals surface area contributed by atoms with Gasteiger partial charge in [0.15, 0.2) is 0 Å². The van der Waals surface area contributed by atoms with Gasteiger partial charge in [0.2, 0.25) is 5.91 Å².